The lowest BCUT2D eigenvalue weighted by atomic mass is 9.81. The maximum atomic E-state index is 12.7. The molecule has 5 heteroatoms. The van der Waals surface area contributed by atoms with Gasteiger partial charge in [-0.15, -0.1) is 0 Å². The Balaban J connectivity index is 1.43. The van der Waals surface area contributed by atoms with Gasteiger partial charge in [-0.1, -0.05) is 73.0 Å². The van der Waals surface area contributed by atoms with Gasteiger partial charge in [0.1, 0.15) is 6.10 Å². The van der Waals surface area contributed by atoms with Crippen molar-refractivity contribution in [3.63, 3.8) is 0 Å². The summed E-state index contributed by atoms with van der Waals surface area (Å²) in [6.45, 7) is 2.08. The van der Waals surface area contributed by atoms with Gasteiger partial charge in [0.15, 0.2) is 0 Å². The molecule has 2 aromatic carbocycles. The number of β-amino-alcohol motifs (C(OH)–C–C–N with tert-alkyl or cyclic N) is 1. The summed E-state index contributed by atoms with van der Waals surface area (Å²) >= 11 is 0. The molecule has 1 heterocycles. The molecule has 0 radical (unpaired) electrons. The first-order chi connectivity index (χ1) is 14.5. The van der Waals surface area contributed by atoms with Gasteiger partial charge < -0.3 is 9.84 Å². The highest BCUT2D eigenvalue weighted by Crippen LogP contribution is 2.38. The fourth-order valence-electron chi connectivity index (χ4n) is 4.64. The van der Waals surface area contributed by atoms with E-state index in [1.165, 1.54) is 4.90 Å². The van der Waals surface area contributed by atoms with Crippen LogP contribution in [0.4, 0.5) is 0 Å². The van der Waals surface area contributed by atoms with Crippen molar-refractivity contribution >= 4 is 11.8 Å². The van der Waals surface area contributed by atoms with Crippen LogP contribution < -0.4 is 0 Å². The zero-order chi connectivity index (χ0) is 21.1. The largest absolute Gasteiger partial charge is 0.389 e. The number of hydrogen-bond acceptors (Lipinski definition) is 4. The Hall–Kier alpha value is -2.50. The molecule has 0 spiro atoms. The summed E-state index contributed by atoms with van der Waals surface area (Å²) in [7, 11) is 0. The van der Waals surface area contributed by atoms with Crippen LogP contribution in [-0.4, -0.2) is 41.1 Å². The molecular weight excluding hydrogens is 378 g/mol. The average Bonchev–Trinajstić information content (AvgIpc) is 3.01. The van der Waals surface area contributed by atoms with Gasteiger partial charge >= 0.3 is 0 Å². The minimum atomic E-state index is -0.922. The maximum Gasteiger partial charge on any atom is 0.233 e. The molecule has 1 saturated carbocycles. The van der Waals surface area contributed by atoms with Crippen LogP contribution in [0.2, 0.25) is 0 Å². The van der Waals surface area contributed by atoms with Crippen molar-refractivity contribution in [2.24, 2.45) is 11.8 Å². The summed E-state index contributed by atoms with van der Waals surface area (Å²) in [6, 6.07) is 18.0. The van der Waals surface area contributed by atoms with Gasteiger partial charge in [0.2, 0.25) is 11.8 Å². The second-order valence-corrected chi connectivity index (χ2v) is 8.47. The van der Waals surface area contributed by atoms with Crippen LogP contribution in [0.25, 0.3) is 0 Å². The molecule has 4 atom stereocenters. The number of rotatable bonds is 7. The second kappa shape index (κ2) is 9.11. The molecule has 2 aromatic rings. The van der Waals surface area contributed by atoms with Crippen LogP contribution >= 0.6 is 0 Å². The number of carbonyl (C=O) groups is 2. The van der Waals surface area contributed by atoms with Crippen LogP contribution in [0.15, 0.2) is 54.6 Å². The Morgan fingerprint density at radius 2 is 1.50 bits per heavy atom. The van der Waals surface area contributed by atoms with E-state index >= 15 is 0 Å². The molecule has 0 bridgehead atoms. The molecule has 0 unspecified atom stereocenters. The molecule has 5 nitrogen and oxygen atoms in total. The first kappa shape index (κ1) is 20.8. The van der Waals surface area contributed by atoms with E-state index in [1.807, 2.05) is 61.5 Å². The van der Waals surface area contributed by atoms with Crippen LogP contribution in [0, 0.1) is 18.8 Å². The van der Waals surface area contributed by atoms with E-state index in [2.05, 4.69) is 0 Å². The number of hydrogen-bond donors (Lipinski definition) is 1. The zero-order valence-electron chi connectivity index (χ0n) is 17.4. The molecular formula is C25H29NO4. The van der Waals surface area contributed by atoms with Gasteiger partial charge in [0, 0.05) is 0 Å². The van der Waals surface area contributed by atoms with Crippen molar-refractivity contribution in [2.45, 2.75) is 44.8 Å². The third-order valence-electron chi connectivity index (χ3n) is 6.26. The topological polar surface area (TPSA) is 66.8 Å². The molecule has 1 aliphatic carbocycles. The molecule has 30 heavy (non-hydrogen) atoms. The fourth-order valence-corrected chi connectivity index (χ4v) is 4.64. The highest BCUT2D eigenvalue weighted by Gasteiger charge is 2.48. The van der Waals surface area contributed by atoms with Crippen molar-refractivity contribution in [1.82, 2.24) is 4.90 Å². The van der Waals surface area contributed by atoms with E-state index < -0.39 is 6.10 Å². The summed E-state index contributed by atoms with van der Waals surface area (Å²) in [5.41, 5.74) is 3.16. The predicted molar refractivity (Wildman–Crippen MR) is 114 cm³/mol. The van der Waals surface area contributed by atoms with E-state index in [0.717, 1.165) is 42.4 Å². The van der Waals surface area contributed by atoms with Crippen molar-refractivity contribution in [3.8, 4) is 0 Å². The number of ether oxygens (including phenoxy) is 1. The number of aryl methyl sites for hydroxylation is 1. The Morgan fingerprint density at radius 3 is 2.10 bits per heavy atom. The summed E-state index contributed by atoms with van der Waals surface area (Å²) in [5, 5.41) is 10.6. The van der Waals surface area contributed by atoms with Crippen LogP contribution in [-0.2, 0) is 14.3 Å². The van der Waals surface area contributed by atoms with Crippen molar-refractivity contribution in [2.75, 3.05) is 13.2 Å². The Labute approximate surface area is 177 Å². The summed E-state index contributed by atoms with van der Waals surface area (Å²) < 4.78 is 6.12. The van der Waals surface area contributed by atoms with E-state index in [4.69, 9.17) is 4.74 Å². The SMILES string of the molecule is Cc1ccc([C@@H](OC[C@@H](O)CN2C(=O)[C@H]3CCCC[C@H]3C2=O)c2ccccc2)cc1. The van der Waals surface area contributed by atoms with E-state index in [1.54, 1.807) is 0 Å². The minimum Gasteiger partial charge on any atom is -0.389 e. The number of aliphatic hydroxyl groups is 1. The summed E-state index contributed by atoms with van der Waals surface area (Å²) in [5.74, 6) is -0.628. The third kappa shape index (κ3) is 4.32. The molecule has 1 N–H and O–H groups in total. The summed E-state index contributed by atoms with van der Waals surface area (Å²) in [4.78, 5) is 26.6. The summed E-state index contributed by atoms with van der Waals surface area (Å²) in [6.07, 6.45) is 2.30. The molecule has 1 saturated heterocycles. The third-order valence-corrected chi connectivity index (χ3v) is 6.26. The highest BCUT2D eigenvalue weighted by molar-refractivity contribution is 6.05. The first-order valence-electron chi connectivity index (χ1n) is 10.8. The predicted octanol–water partition coefficient (Wildman–Crippen LogP) is 3.64. The van der Waals surface area contributed by atoms with Crippen molar-refractivity contribution < 1.29 is 19.4 Å². The van der Waals surface area contributed by atoms with Gasteiger partial charge in [-0.05, 0) is 30.9 Å². The average molecular weight is 408 g/mol. The number of imide groups is 1. The Morgan fingerprint density at radius 1 is 0.933 bits per heavy atom. The first-order valence-corrected chi connectivity index (χ1v) is 10.8. The number of fused-ring (bicyclic) bond motifs is 1. The number of aliphatic hydroxyl groups excluding tert-OH is 1. The van der Waals surface area contributed by atoms with E-state index in [0.29, 0.717) is 0 Å². The Bertz CT molecular complexity index is 856. The van der Waals surface area contributed by atoms with Crippen molar-refractivity contribution in [3.05, 3.63) is 71.3 Å². The lowest BCUT2D eigenvalue weighted by molar-refractivity contribution is -0.142. The van der Waals surface area contributed by atoms with Gasteiger partial charge in [-0.2, -0.15) is 0 Å². The second-order valence-electron chi connectivity index (χ2n) is 8.47. The van der Waals surface area contributed by atoms with Gasteiger partial charge in [0.05, 0.1) is 31.1 Å². The van der Waals surface area contributed by atoms with Gasteiger partial charge in [0.25, 0.3) is 0 Å². The lowest BCUT2D eigenvalue weighted by Gasteiger charge is -2.23. The number of benzene rings is 2. The molecule has 2 fully saturated rings. The monoisotopic (exact) mass is 407 g/mol. The quantitative estimate of drug-likeness (QED) is 0.712. The molecule has 4 rings (SSSR count). The van der Waals surface area contributed by atoms with Crippen LogP contribution in [0.3, 0.4) is 0 Å². The Kier molecular flexibility index (Phi) is 6.30. The van der Waals surface area contributed by atoms with Gasteiger partial charge in [-0.25, -0.2) is 0 Å². The minimum absolute atomic E-state index is 0.0000736. The zero-order valence-corrected chi connectivity index (χ0v) is 17.4. The van der Waals surface area contributed by atoms with Crippen LogP contribution in [0.5, 0.6) is 0 Å². The molecule has 158 valence electrons. The fraction of sp³-hybridized carbons (Fsp3) is 0.440. The van der Waals surface area contributed by atoms with Crippen molar-refractivity contribution in [1.29, 1.82) is 0 Å². The van der Waals surface area contributed by atoms with E-state index in [-0.39, 0.29) is 42.9 Å². The molecule has 2 aliphatic rings. The molecule has 0 aromatic heterocycles. The number of carbonyl (C=O) groups excluding carboxylic acids is 2. The highest BCUT2D eigenvalue weighted by atomic mass is 16.5. The molecule has 2 amide bonds. The van der Waals surface area contributed by atoms with E-state index in [9.17, 15) is 14.7 Å². The van der Waals surface area contributed by atoms with Gasteiger partial charge in [-0.3, -0.25) is 14.5 Å². The number of nitrogens with zero attached hydrogens (tertiary/aromatic N) is 1. The standard InChI is InChI=1S/C25H29NO4/c1-17-11-13-19(14-12-17)23(18-7-3-2-4-8-18)30-16-20(27)15-26-24(28)21-9-5-6-10-22(21)25(26)29/h2-4,7-8,11-14,20-23,27H,5-6,9-10,15-16H2,1H3/t20-,21-,22+,23-/m0/s1. The smallest absolute Gasteiger partial charge is 0.233 e. The maximum absolute atomic E-state index is 12.7. The number of amides is 2. The normalized spacial score (nSPS) is 23.3. The molecule has 1 aliphatic heterocycles. The lowest BCUT2D eigenvalue weighted by Crippen LogP contribution is -2.39. The number of likely N-dealkylation sites (tertiary alicyclic amines) is 1. The van der Waals surface area contributed by atoms with Crippen LogP contribution in [0.1, 0.15) is 48.5 Å².